The highest BCUT2D eigenvalue weighted by Gasteiger charge is 2.35. The number of carbonyl (C=O) groups is 3. The third-order valence-electron chi connectivity index (χ3n) is 4.16. The van der Waals surface area contributed by atoms with Crippen molar-refractivity contribution in [3.8, 4) is 0 Å². The molecule has 3 amide bonds. The van der Waals surface area contributed by atoms with Gasteiger partial charge in [0.25, 0.3) is 11.1 Å². The first kappa shape index (κ1) is 20.3. The normalized spacial score (nSPS) is 16.6. The summed E-state index contributed by atoms with van der Waals surface area (Å²) in [6.45, 7) is -0.173. The van der Waals surface area contributed by atoms with Crippen molar-refractivity contribution in [2.75, 3.05) is 13.2 Å². The Labute approximate surface area is 171 Å². The molecule has 0 radical (unpaired) electrons. The van der Waals surface area contributed by atoms with E-state index < -0.39 is 6.04 Å². The molecule has 0 saturated carbocycles. The molecular weight excluding hydrogens is 396 g/mol. The zero-order chi connectivity index (χ0) is 19.9. The van der Waals surface area contributed by atoms with Gasteiger partial charge in [-0.25, -0.2) is 0 Å². The summed E-state index contributed by atoms with van der Waals surface area (Å²) in [5, 5.41) is 13.8. The largest absolute Gasteiger partial charge is 0.394 e. The van der Waals surface area contributed by atoms with Crippen LogP contribution in [0.3, 0.4) is 0 Å². The minimum atomic E-state index is -0.413. The highest BCUT2D eigenvalue weighted by Crippen LogP contribution is 2.32. The highest BCUT2D eigenvalue weighted by atomic mass is 32.2. The monoisotopic (exact) mass is 416 g/mol. The molecule has 1 fully saturated rings. The molecule has 0 aliphatic carbocycles. The molecule has 1 atom stereocenters. The average molecular weight is 417 g/mol. The molecule has 1 aliphatic rings. The van der Waals surface area contributed by atoms with Crippen LogP contribution in [-0.2, 0) is 16.0 Å². The van der Waals surface area contributed by atoms with E-state index in [4.69, 9.17) is 0 Å². The summed E-state index contributed by atoms with van der Waals surface area (Å²) in [6, 6.07) is 12.9. The van der Waals surface area contributed by atoms with E-state index in [9.17, 15) is 19.5 Å². The average Bonchev–Trinajstić information content (AvgIpc) is 3.29. The zero-order valence-corrected chi connectivity index (χ0v) is 16.7. The Hall–Kier alpha value is -2.42. The molecule has 6 nitrogen and oxygen atoms in total. The molecule has 0 unspecified atom stereocenters. The molecule has 1 aromatic heterocycles. The predicted molar refractivity (Wildman–Crippen MR) is 111 cm³/mol. The van der Waals surface area contributed by atoms with Crippen LogP contribution in [0.1, 0.15) is 16.9 Å². The molecule has 2 N–H and O–H groups in total. The maximum Gasteiger partial charge on any atom is 0.293 e. The summed E-state index contributed by atoms with van der Waals surface area (Å²) in [5.74, 6) is -0.685. The summed E-state index contributed by atoms with van der Waals surface area (Å²) in [5.41, 5.74) is 1.01. The number of nitrogens with one attached hydrogen (secondary N) is 1. The quantitative estimate of drug-likeness (QED) is 0.646. The van der Waals surface area contributed by atoms with Crippen LogP contribution in [0.2, 0.25) is 0 Å². The van der Waals surface area contributed by atoms with Crippen LogP contribution in [-0.4, -0.2) is 46.3 Å². The topological polar surface area (TPSA) is 86.7 Å². The van der Waals surface area contributed by atoms with Gasteiger partial charge in [0.15, 0.2) is 0 Å². The van der Waals surface area contributed by atoms with E-state index >= 15 is 0 Å². The van der Waals surface area contributed by atoms with Crippen molar-refractivity contribution >= 4 is 46.2 Å². The number of thiophene rings is 1. The van der Waals surface area contributed by atoms with Crippen molar-refractivity contribution < 1.29 is 19.5 Å². The van der Waals surface area contributed by atoms with E-state index in [2.05, 4.69) is 5.32 Å². The first-order valence-electron chi connectivity index (χ1n) is 8.80. The van der Waals surface area contributed by atoms with Crippen LogP contribution in [0.4, 0.5) is 4.79 Å². The van der Waals surface area contributed by atoms with Gasteiger partial charge in [-0.15, -0.1) is 11.3 Å². The number of hydrogen-bond acceptors (Lipinski definition) is 6. The lowest BCUT2D eigenvalue weighted by atomic mass is 10.1. The van der Waals surface area contributed by atoms with Gasteiger partial charge in [0, 0.05) is 17.8 Å². The Balaban J connectivity index is 1.52. The minimum absolute atomic E-state index is 0.00435. The molecule has 3 rings (SSSR count). The van der Waals surface area contributed by atoms with Crippen molar-refractivity contribution in [1.82, 2.24) is 10.2 Å². The lowest BCUT2D eigenvalue weighted by Gasteiger charge is -2.18. The van der Waals surface area contributed by atoms with Crippen molar-refractivity contribution in [2.45, 2.75) is 18.9 Å². The summed E-state index contributed by atoms with van der Waals surface area (Å²) >= 11 is 2.37. The van der Waals surface area contributed by atoms with Crippen LogP contribution in [0, 0.1) is 0 Å². The van der Waals surface area contributed by atoms with Crippen molar-refractivity contribution in [3.63, 3.8) is 0 Å². The number of amides is 3. The van der Waals surface area contributed by atoms with Crippen LogP contribution < -0.4 is 5.32 Å². The molecule has 1 aliphatic heterocycles. The van der Waals surface area contributed by atoms with E-state index in [1.807, 2.05) is 47.8 Å². The van der Waals surface area contributed by atoms with Gasteiger partial charge >= 0.3 is 0 Å². The molecule has 28 heavy (non-hydrogen) atoms. The van der Waals surface area contributed by atoms with Gasteiger partial charge in [-0.3, -0.25) is 19.3 Å². The Kier molecular flexibility index (Phi) is 7.02. The van der Waals surface area contributed by atoms with Crippen LogP contribution in [0.15, 0.2) is 52.7 Å². The fourth-order valence-electron chi connectivity index (χ4n) is 2.77. The van der Waals surface area contributed by atoms with Crippen molar-refractivity contribution in [2.24, 2.45) is 0 Å². The number of carbonyl (C=O) groups excluding carboxylic acids is 3. The number of benzene rings is 1. The summed E-state index contributed by atoms with van der Waals surface area (Å²) < 4.78 is 0. The van der Waals surface area contributed by atoms with Gasteiger partial charge in [0.05, 0.1) is 17.6 Å². The molecule has 2 heterocycles. The fraction of sp³-hybridized carbons (Fsp3) is 0.250. The van der Waals surface area contributed by atoms with Gasteiger partial charge in [0.2, 0.25) is 5.91 Å². The standard InChI is InChI=1S/C20H20N2O4S2/c23-13-15(11-14-5-2-1-3-6-14)21-18(24)8-9-22-19(25)17(28-20(22)26)12-16-7-4-10-27-16/h1-7,10,12,15,23H,8-9,11,13H2,(H,21,24)/b17-12-/t15-/m0/s1. The van der Waals surface area contributed by atoms with Gasteiger partial charge in [-0.2, -0.15) is 0 Å². The van der Waals surface area contributed by atoms with Crippen LogP contribution in [0.25, 0.3) is 6.08 Å². The number of aliphatic hydroxyl groups excluding tert-OH is 1. The van der Waals surface area contributed by atoms with E-state index in [0.29, 0.717) is 11.3 Å². The summed E-state index contributed by atoms with van der Waals surface area (Å²) in [7, 11) is 0. The molecule has 1 saturated heterocycles. The smallest absolute Gasteiger partial charge is 0.293 e. The van der Waals surface area contributed by atoms with Crippen LogP contribution >= 0.6 is 23.1 Å². The third kappa shape index (κ3) is 5.31. The fourth-order valence-corrected chi connectivity index (χ4v) is 4.36. The SMILES string of the molecule is O=C(CCN1C(=O)S/C(=C\c2cccs2)C1=O)N[C@H](CO)Cc1ccccc1. The molecule has 0 spiro atoms. The van der Waals surface area contributed by atoms with E-state index in [-0.39, 0.29) is 36.6 Å². The van der Waals surface area contributed by atoms with E-state index in [1.54, 1.807) is 6.08 Å². The predicted octanol–water partition coefficient (Wildman–Crippen LogP) is 2.89. The zero-order valence-electron chi connectivity index (χ0n) is 15.0. The molecular formula is C20H20N2O4S2. The molecule has 1 aromatic carbocycles. The summed E-state index contributed by atoms with van der Waals surface area (Å²) in [4.78, 5) is 39.1. The van der Waals surface area contributed by atoms with E-state index in [0.717, 1.165) is 27.1 Å². The third-order valence-corrected chi connectivity index (χ3v) is 5.89. The first-order valence-corrected chi connectivity index (χ1v) is 10.5. The number of imide groups is 1. The van der Waals surface area contributed by atoms with Gasteiger partial charge < -0.3 is 10.4 Å². The lowest BCUT2D eigenvalue weighted by Crippen LogP contribution is -2.41. The number of rotatable bonds is 8. The Morgan fingerprint density at radius 1 is 1.18 bits per heavy atom. The second-order valence-electron chi connectivity index (χ2n) is 6.24. The van der Waals surface area contributed by atoms with E-state index in [1.165, 1.54) is 11.3 Å². The van der Waals surface area contributed by atoms with Gasteiger partial charge in [-0.1, -0.05) is 36.4 Å². The Morgan fingerprint density at radius 2 is 1.96 bits per heavy atom. The van der Waals surface area contributed by atoms with Gasteiger partial charge in [-0.05, 0) is 41.3 Å². The Bertz CT molecular complexity index is 866. The minimum Gasteiger partial charge on any atom is -0.394 e. The lowest BCUT2D eigenvalue weighted by molar-refractivity contribution is -0.124. The number of aliphatic hydroxyl groups is 1. The molecule has 146 valence electrons. The van der Waals surface area contributed by atoms with Crippen molar-refractivity contribution in [3.05, 3.63) is 63.2 Å². The second kappa shape index (κ2) is 9.68. The first-order chi connectivity index (χ1) is 13.6. The number of hydrogen-bond donors (Lipinski definition) is 2. The number of nitrogens with zero attached hydrogens (tertiary/aromatic N) is 1. The molecule has 0 bridgehead atoms. The summed E-state index contributed by atoms with van der Waals surface area (Å²) in [6.07, 6.45) is 2.20. The highest BCUT2D eigenvalue weighted by molar-refractivity contribution is 8.18. The van der Waals surface area contributed by atoms with Gasteiger partial charge in [0.1, 0.15) is 0 Å². The molecule has 8 heteroatoms. The number of thioether (sulfide) groups is 1. The Morgan fingerprint density at radius 3 is 2.64 bits per heavy atom. The second-order valence-corrected chi connectivity index (χ2v) is 8.21. The maximum absolute atomic E-state index is 12.4. The van der Waals surface area contributed by atoms with Crippen LogP contribution in [0.5, 0.6) is 0 Å². The maximum atomic E-state index is 12.4. The van der Waals surface area contributed by atoms with Crippen molar-refractivity contribution in [1.29, 1.82) is 0 Å². The molecule has 2 aromatic rings.